The van der Waals surface area contributed by atoms with Gasteiger partial charge in [-0.3, -0.25) is 4.79 Å². The van der Waals surface area contributed by atoms with Gasteiger partial charge in [0.2, 0.25) is 0 Å². The van der Waals surface area contributed by atoms with Gasteiger partial charge in [0.15, 0.2) is 5.78 Å². The number of ketones is 1. The molecular weight excluding hydrogens is 404 g/mol. The molecule has 8 heteroatoms. The number of hydrogen-bond acceptors (Lipinski definition) is 3. The number of hydrogen-bond donors (Lipinski definition) is 0. The molecule has 0 N–H and O–H groups in total. The van der Waals surface area contributed by atoms with E-state index < -0.39 is 8.07 Å². The number of Topliss-reactive ketones (excluding diaryl/α,β-unsaturated/α-hetero) is 1. The molecule has 1 fully saturated rings. The van der Waals surface area contributed by atoms with Gasteiger partial charge in [-0.05, 0) is 52.7 Å². The van der Waals surface area contributed by atoms with Crippen LogP contribution in [0.25, 0.3) is 33.0 Å². The van der Waals surface area contributed by atoms with E-state index in [1.807, 2.05) is 36.4 Å². The van der Waals surface area contributed by atoms with Crippen molar-refractivity contribution in [3.05, 3.63) is 91.7 Å². The summed E-state index contributed by atoms with van der Waals surface area (Å²) >= 11 is 0. The summed E-state index contributed by atoms with van der Waals surface area (Å²) in [7, 11) is -1.49. The standard InChI is InChI=1S/C23H24N6OSi/c1-31(2,3)22-14-18(12-16-4-8-20(9-5-16)26-28-24)23(30)19(15-22)13-17-6-10-21(11-7-17)27-29-25/h4-13,22H,14-15H2,1-3H3/b18-12+,19-13+. The van der Waals surface area contributed by atoms with Crippen molar-refractivity contribution in [2.75, 3.05) is 0 Å². The van der Waals surface area contributed by atoms with Crippen LogP contribution in [0, 0.1) is 0 Å². The SMILES string of the molecule is C[Si](C)(C)C1C/C(=C\c2ccc(N=[N+]=[N-])cc2)C(=O)/C(=C/c2ccc(N=[N+]=[N-])cc2)C1. The summed E-state index contributed by atoms with van der Waals surface area (Å²) in [5.41, 5.74) is 22.1. The van der Waals surface area contributed by atoms with Crippen LogP contribution in [-0.4, -0.2) is 13.9 Å². The highest BCUT2D eigenvalue weighted by Gasteiger charge is 2.35. The highest BCUT2D eigenvalue weighted by atomic mass is 28.3. The minimum atomic E-state index is -1.49. The zero-order valence-corrected chi connectivity index (χ0v) is 18.9. The summed E-state index contributed by atoms with van der Waals surface area (Å²) in [4.78, 5) is 18.9. The second-order valence-electron chi connectivity index (χ2n) is 8.70. The van der Waals surface area contributed by atoms with Crippen molar-refractivity contribution in [2.45, 2.75) is 38.0 Å². The molecule has 0 bridgehead atoms. The molecule has 2 aromatic carbocycles. The first-order valence-corrected chi connectivity index (χ1v) is 13.6. The zero-order chi connectivity index (χ0) is 22.4. The Morgan fingerprint density at radius 1 is 0.806 bits per heavy atom. The quantitative estimate of drug-likeness (QED) is 0.154. The molecule has 0 radical (unpaired) electrons. The number of azide groups is 2. The Labute approximate surface area is 182 Å². The number of rotatable bonds is 5. The van der Waals surface area contributed by atoms with E-state index in [0.717, 1.165) is 35.1 Å². The molecule has 0 atom stereocenters. The van der Waals surface area contributed by atoms with Gasteiger partial charge in [0.25, 0.3) is 0 Å². The van der Waals surface area contributed by atoms with Crippen molar-refractivity contribution in [2.24, 2.45) is 10.2 Å². The second kappa shape index (κ2) is 9.49. The molecule has 0 spiro atoms. The van der Waals surface area contributed by atoms with Crippen molar-refractivity contribution in [1.82, 2.24) is 0 Å². The van der Waals surface area contributed by atoms with Crippen LogP contribution in [0.4, 0.5) is 11.4 Å². The van der Waals surface area contributed by atoms with E-state index in [9.17, 15) is 4.79 Å². The fourth-order valence-electron chi connectivity index (χ4n) is 3.64. The minimum absolute atomic E-state index is 0.0766. The summed E-state index contributed by atoms with van der Waals surface area (Å²) in [6.07, 6.45) is 5.46. The van der Waals surface area contributed by atoms with Crippen LogP contribution in [0.2, 0.25) is 25.2 Å². The molecular formula is C23H24N6OSi. The molecule has 0 amide bonds. The van der Waals surface area contributed by atoms with E-state index in [2.05, 4.69) is 39.7 Å². The Morgan fingerprint density at radius 2 is 1.19 bits per heavy atom. The third-order valence-corrected chi connectivity index (χ3v) is 8.39. The van der Waals surface area contributed by atoms with Crippen LogP contribution < -0.4 is 0 Å². The molecule has 1 saturated carbocycles. The summed E-state index contributed by atoms with van der Waals surface area (Å²) in [6.45, 7) is 7.02. The Morgan fingerprint density at radius 3 is 1.52 bits per heavy atom. The third kappa shape index (κ3) is 5.74. The molecule has 2 aromatic rings. The van der Waals surface area contributed by atoms with Crippen molar-refractivity contribution in [3.8, 4) is 0 Å². The number of benzene rings is 2. The Bertz CT molecular complexity index is 1050. The lowest BCUT2D eigenvalue weighted by Gasteiger charge is -2.34. The zero-order valence-electron chi connectivity index (χ0n) is 17.9. The molecule has 7 nitrogen and oxygen atoms in total. The number of carbonyl (C=O) groups excluding carboxylic acids is 1. The van der Waals surface area contributed by atoms with Gasteiger partial charge in [0.05, 0.1) is 0 Å². The van der Waals surface area contributed by atoms with Crippen molar-refractivity contribution in [3.63, 3.8) is 0 Å². The van der Waals surface area contributed by atoms with Crippen LogP contribution in [-0.2, 0) is 4.79 Å². The lowest BCUT2D eigenvalue weighted by molar-refractivity contribution is -0.112. The molecule has 0 aromatic heterocycles. The van der Waals surface area contributed by atoms with Crippen LogP contribution in [0.1, 0.15) is 24.0 Å². The number of nitrogens with zero attached hydrogens (tertiary/aromatic N) is 6. The average Bonchev–Trinajstić information content (AvgIpc) is 2.73. The number of allylic oxidation sites excluding steroid dienone is 2. The lowest BCUT2D eigenvalue weighted by Crippen LogP contribution is -2.33. The Balaban J connectivity index is 1.96. The largest absolute Gasteiger partial charge is 0.289 e. The third-order valence-electron chi connectivity index (χ3n) is 5.53. The van der Waals surface area contributed by atoms with Gasteiger partial charge in [-0.25, -0.2) is 0 Å². The maximum absolute atomic E-state index is 13.3. The van der Waals surface area contributed by atoms with Gasteiger partial charge in [-0.1, -0.05) is 78.4 Å². The monoisotopic (exact) mass is 428 g/mol. The Kier molecular flexibility index (Phi) is 6.77. The van der Waals surface area contributed by atoms with Gasteiger partial charge in [0, 0.05) is 40.4 Å². The fraction of sp³-hybridized carbons (Fsp3) is 0.261. The topological polar surface area (TPSA) is 115 Å². The van der Waals surface area contributed by atoms with Gasteiger partial charge >= 0.3 is 0 Å². The molecule has 1 aliphatic carbocycles. The van der Waals surface area contributed by atoms with Gasteiger partial charge < -0.3 is 0 Å². The van der Waals surface area contributed by atoms with Crippen molar-refractivity contribution < 1.29 is 4.79 Å². The molecule has 156 valence electrons. The fourth-order valence-corrected chi connectivity index (χ4v) is 5.30. The smallest absolute Gasteiger partial charge is 0.185 e. The minimum Gasteiger partial charge on any atom is -0.289 e. The van der Waals surface area contributed by atoms with E-state index in [-0.39, 0.29) is 5.78 Å². The van der Waals surface area contributed by atoms with Gasteiger partial charge in [-0.15, -0.1) is 0 Å². The predicted molar refractivity (Wildman–Crippen MR) is 128 cm³/mol. The molecule has 0 aliphatic heterocycles. The van der Waals surface area contributed by atoms with E-state index in [1.165, 1.54) is 0 Å². The molecule has 0 heterocycles. The van der Waals surface area contributed by atoms with E-state index >= 15 is 0 Å². The van der Waals surface area contributed by atoms with Crippen molar-refractivity contribution in [1.29, 1.82) is 0 Å². The first-order valence-electron chi connectivity index (χ1n) is 10.1. The van der Waals surface area contributed by atoms with Crippen LogP contribution in [0.15, 0.2) is 69.9 Å². The second-order valence-corrected chi connectivity index (χ2v) is 14.2. The Hall–Kier alpha value is -3.57. The number of carbonyl (C=O) groups is 1. The molecule has 3 rings (SSSR count). The normalized spacial score (nSPS) is 19.1. The van der Waals surface area contributed by atoms with Crippen LogP contribution in [0.3, 0.4) is 0 Å². The van der Waals surface area contributed by atoms with Crippen molar-refractivity contribution >= 4 is 37.4 Å². The van der Waals surface area contributed by atoms with Crippen LogP contribution in [0.5, 0.6) is 0 Å². The van der Waals surface area contributed by atoms with E-state index in [1.54, 1.807) is 24.3 Å². The molecule has 31 heavy (non-hydrogen) atoms. The van der Waals surface area contributed by atoms with Gasteiger partial charge in [0.1, 0.15) is 0 Å². The lowest BCUT2D eigenvalue weighted by atomic mass is 9.86. The molecule has 0 saturated heterocycles. The summed E-state index contributed by atoms with van der Waals surface area (Å²) < 4.78 is 0. The highest BCUT2D eigenvalue weighted by Crippen LogP contribution is 2.41. The van der Waals surface area contributed by atoms with Gasteiger partial charge in [-0.2, -0.15) is 0 Å². The van der Waals surface area contributed by atoms with Crippen LogP contribution >= 0.6 is 0 Å². The summed E-state index contributed by atoms with van der Waals surface area (Å²) in [5, 5.41) is 7.19. The predicted octanol–water partition coefficient (Wildman–Crippen LogP) is 8.11. The van der Waals surface area contributed by atoms with E-state index in [4.69, 9.17) is 11.1 Å². The maximum Gasteiger partial charge on any atom is 0.185 e. The highest BCUT2D eigenvalue weighted by molar-refractivity contribution is 6.77. The summed E-state index contributed by atoms with van der Waals surface area (Å²) in [5.74, 6) is 0.0766. The average molecular weight is 429 g/mol. The van der Waals surface area contributed by atoms with E-state index in [0.29, 0.717) is 16.9 Å². The maximum atomic E-state index is 13.3. The molecule has 1 aliphatic rings. The summed E-state index contributed by atoms with van der Waals surface area (Å²) in [6, 6.07) is 14.4. The first-order chi connectivity index (χ1) is 14.8. The molecule has 0 unspecified atom stereocenters. The first kappa shape index (κ1) is 22.1.